The molecule has 0 aliphatic heterocycles. The van der Waals surface area contributed by atoms with E-state index in [9.17, 15) is 0 Å². The van der Waals surface area contributed by atoms with Gasteiger partial charge in [-0.1, -0.05) is 5.57 Å². The van der Waals surface area contributed by atoms with Crippen LogP contribution in [0.1, 0.15) is 34.1 Å². The van der Waals surface area contributed by atoms with Crippen LogP contribution in [0, 0.1) is 0 Å². The van der Waals surface area contributed by atoms with E-state index in [4.69, 9.17) is 4.74 Å². The summed E-state index contributed by atoms with van der Waals surface area (Å²) in [6.07, 6.45) is 0.979. The molecule has 0 aromatic carbocycles. The molecule has 2 heteroatoms. The number of rotatable bonds is 5. The second kappa shape index (κ2) is 5.40. The molecule has 0 saturated carbocycles. The quantitative estimate of drug-likeness (QED) is 0.664. The Kier molecular flexibility index (Phi) is 5.26. The van der Waals surface area contributed by atoms with E-state index in [0.717, 1.165) is 13.0 Å². The predicted octanol–water partition coefficient (Wildman–Crippen LogP) is 2.36. The van der Waals surface area contributed by atoms with Gasteiger partial charge >= 0.3 is 0 Å². The van der Waals surface area contributed by atoms with Gasteiger partial charge in [-0.2, -0.15) is 0 Å². The van der Waals surface area contributed by atoms with E-state index >= 15 is 0 Å². The van der Waals surface area contributed by atoms with E-state index in [1.807, 2.05) is 14.0 Å². The molecule has 0 bridgehead atoms. The molecule has 13 heavy (non-hydrogen) atoms. The van der Waals surface area contributed by atoms with Crippen LogP contribution in [0.15, 0.2) is 12.2 Å². The molecule has 0 aromatic heterocycles. The number of hydrogen-bond donors (Lipinski definition) is 1. The van der Waals surface area contributed by atoms with Crippen molar-refractivity contribution in [2.75, 3.05) is 13.7 Å². The van der Waals surface area contributed by atoms with Crippen LogP contribution in [-0.2, 0) is 4.74 Å². The first kappa shape index (κ1) is 12.7. The van der Waals surface area contributed by atoms with E-state index in [1.165, 1.54) is 5.57 Å². The predicted molar refractivity (Wildman–Crippen MR) is 58.0 cm³/mol. The summed E-state index contributed by atoms with van der Waals surface area (Å²) in [5, 5.41) is 3.22. The van der Waals surface area contributed by atoms with Crippen molar-refractivity contribution in [1.82, 2.24) is 5.32 Å². The fraction of sp³-hybridized carbons (Fsp3) is 0.818. The molecule has 0 aliphatic rings. The van der Waals surface area contributed by atoms with Gasteiger partial charge in [0.15, 0.2) is 0 Å². The summed E-state index contributed by atoms with van der Waals surface area (Å²) in [6.45, 7) is 12.9. The van der Waals surface area contributed by atoms with Gasteiger partial charge in [0.1, 0.15) is 0 Å². The van der Waals surface area contributed by atoms with Crippen molar-refractivity contribution < 1.29 is 4.74 Å². The highest BCUT2D eigenvalue weighted by molar-refractivity contribution is 4.92. The van der Waals surface area contributed by atoms with Gasteiger partial charge < -0.3 is 10.1 Å². The minimum absolute atomic E-state index is 0.0514. The fourth-order valence-corrected chi connectivity index (χ4v) is 1.02. The molecule has 1 unspecified atom stereocenters. The highest BCUT2D eigenvalue weighted by Gasteiger charge is 2.13. The van der Waals surface area contributed by atoms with E-state index in [2.05, 4.69) is 32.7 Å². The number of ether oxygens (including phenoxy) is 1. The maximum absolute atomic E-state index is 5.68. The second-order valence-corrected chi connectivity index (χ2v) is 4.57. The number of nitrogens with one attached hydrogen (secondary N) is 1. The zero-order valence-corrected chi connectivity index (χ0v) is 9.61. The number of likely N-dealkylation sites (N-methyl/N-ethyl adjacent to an activating group) is 1. The van der Waals surface area contributed by atoms with Gasteiger partial charge in [0.25, 0.3) is 0 Å². The van der Waals surface area contributed by atoms with Gasteiger partial charge in [0, 0.05) is 6.04 Å². The van der Waals surface area contributed by atoms with Gasteiger partial charge in [0.2, 0.25) is 0 Å². The van der Waals surface area contributed by atoms with Crippen LogP contribution in [-0.4, -0.2) is 25.3 Å². The third-order valence-corrected chi connectivity index (χ3v) is 1.72. The maximum Gasteiger partial charge on any atom is 0.0629 e. The largest absolute Gasteiger partial charge is 0.374 e. The zero-order chi connectivity index (χ0) is 10.5. The smallest absolute Gasteiger partial charge is 0.0629 e. The van der Waals surface area contributed by atoms with Crippen LogP contribution in [0.5, 0.6) is 0 Å². The lowest BCUT2D eigenvalue weighted by Gasteiger charge is -2.24. The van der Waals surface area contributed by atoms with E-state index in [-0.39, 0.29) is 5.60 Å². The molecule has 0 rings (SSSR count). The maximum atomic E-state index is 5.68. The SMILES string of the molecule is C=C(C)CC(COC(C)(C)C)NC. The normalized spacial score (nSPS) is 14.2. The highest BCUT2D eigenvalue weighted by Crippen LogP contribution is 2.09. The summed E-state index contributed by atoms with van der Waals surface area (Å²) in [7, 11) is 1.96. The Morgan fingerprint density at radius 1 is 1.46 bits per heavy atom. The van der Waals surface area contributed by atoms with Crippen LogP contribution in [0.25, 0.3) is 0 Å². The summed E-state index contributed by atoms with van der Waals surface area (Å²) in [5.74, 6) is 0. The first-order chi connectivity index (χ1) is 5.85. The molecule has 0 saturated heterocycles. The number of hydrogen-bond acceptors (Lipinski definition) is 2. The second-order valence-electron chi connectivity index (χ2n) is 4.57. The summed E-state index contributed by atoms with van der Waals surface area (Å²) in [5.41, 5.74) is 1.14. The summed E-state index contributed by atoms with van der Waals surface area (Å²) >= 11 is 0. The Bertz CT molecular complexity index is 158. The zero-order valence-electron chi connectivity index (χ0n) is 9.61. The van der Waals surface area contributed by atoms with Crippen LogP contribution in [0.2, 0.25) is 0 Å². The Balaban J connectivity index is 3.79. The molecule has 0 spiro atoms. The Hall–Kier alpha value is -0.340. The van der Waals surface area contributed by atoms with E-state index < -0.39 is 0 Å². The van der Waals surface area contributed by atoms with Crippen LogP contribution < -0.4 is 5.32 Å². The lowest BCUT2D eigenvalue weighted by Crippen LogP contribution is -2.34. The Morgan fingerprint density at radius 3 is 2.31 bits per heavy atom. The molecule has 0 amide bonds. The van der Waals surface area contributed by atoms with Crippen molar-refractivity contribution in [2.45, 2.75) is 45.8 Å². The van der Waals surface area contributed by atoms with Crippen molar-refractivity contribution in [3.63, 3.8) is 0 Å². The highest BCUT2D eigenvalue weighted by atomic mass is 16.5. The fourth-order valence-electron chi connectivity index (χ4n) is 1.02. The molecular formula is C11H23NO. The lowest BCUT2D eigenvalue weighted by atomic mass is 10.1. The lowest BCUT2D eigenvalue weighted by molar-refractivity contribution is -0.0134. The molecule has 2 nitrogen and oxygen atoms in total. The van der Waals surface area contributed by atoms with E-state index in [1.54, 1.807) is 0 Å². The van der Waals surface area contributed by atoms with Gasteiger partial charge in [-0.05, 0) is 41.2 Å². The van der Waals surface area contributed by atoms with Crippen LogP contribution >= 0.6 is 0 Å². The summed E-state index contributed by atoms with van der Waals surface area (Å²) in [4.78, 5) is 0. The van der Waals surface area contributed by atoms with Crippen LogP contribution in [0.3, 0.4) is 0 Å². The molecule has 1 N–H and O–H groups in total. The Morgan fingerprint density at radius 2 is 2.00 bits per heavy atom. The first-order valence-corrected chi connectivity index (χ1v) is 4.81. The average molecular weight is 185 g/mol. The monoisotopic (exact) mass is 185 g/mol. The Labute approximate surface area is 82.4 Å². The molecule has 0 fully saturated rings. The summed E-state index contributed by atoms with van der Waals surface area (Å²) in [6, 6.07) is 0.386. The third-order valence-electron chi connectivity index (χ3n) is 1.72. The standard InChI is InChI=1S/C11H23NO/c1-9(2)7-10(12-6)8-13-11(3,4)5/h10,12H,1,7-8H2,2-6H3. The van der Waals surface area contributed by atoms with E-state index in [0.29, 0.717) is 6.04 Å². The van der Waals surface area contributed by atoms with Crippen molar-refractivity contribution >= 4 is 0 Å². The molecule has 0 heterocycles. The van der Waals surface area contributed by atoms with Crippen molar-refractivity contribution in [1.29, 1.82) is 0 Å². The topological polar surface area (TPSA) is 21.3 Å². The first-order valence-electron chi connectivity index (χ1n) is 4.81. The van der Waals surface area contributed by atoms with Gasteiger partial charge in [-0.15, -0.1) is 6.58 Å². The van der Waals surface area contributed by atoms with Crippen molar-refractivity contribution in [3.05, 3.63) is 12.2 Å². The molecule has 0 aliphatic carbocycles. The summed E-state index contributed by atoms with van der Waals surface area (Å²) < 4.78 is 5.68. The average Bonchev–Trinajstić information content (AvgIpc) is 1.95. The molecule has 0 radical (unpaired) electrons. The minimum Gasteiger partial charge on any atom is -0.374 e. The van der Waals surface area contributed by atoms with Gasteiger partial charge in [-0.25, -0.2) is 0 Å². The van der Waals surface area contributed by atoms with Crippen molar-refractivity contribution in [3.8, 4) is 0 Å². The van der Waals surface area contributed by atoms with Crippen LogP contribution in [0.4, 0.5) is 0 Å². The minimum atomic E-state index is -0.0514. The molecule has 78 valence electrons. The molecule has 0 aromatic rings. The van der Waals surface area contributed by atoms with Gasteiger partial charge in [0.05, 0.1) is 12.2 Å². The molecular weight excluding hydrogens is 162 g/mol. The third kappa shape index (κ3) is 8.00. The van der Waals surface area contributed by atoms with Crippen molar-refractivity contribution in [2.24, 2.45) is 0 Å². The van der Waals surface area contributed by atoms with Gasteiger partial charge in [-0.3, -0.25) is 0 Å². The molecule has 1 atom stereocenters.